The molecule has 8 heteroatoms. The number of hydrogen-bond acceptors (Lipinski definition) is 3. The minimum absolute atomic E-state index is 0.0705. The van der Waals surface area contributed by atoms with Crippen molar-refractivity contribution in [1.29, 1.82) is 0 Å². The molecule has 3 amide bonds. The van der Waals surface area contributed by atoms with E-state index in [0.717, 1.165) is 23.2 Å². The van der Waals surface area contributed by atoms with Crippen LogP contribution in [0.15, 0.2) is 18.2 Å². The van der Waals surface area contributed by atoms with Crippen LogP contribution in [0.2, 0.25) is 0 Å². The molecule has 2 atom stereocenters. The maximum atomic E-state index is 12.3. The fourth-order valence-electron chi connectivity index (χ4n) is 2.40. The smallest absolute Gasteiger partial charge is 0.312 e. The third-order valence-corrected chi connectivity index (χ3v) is 4.28. The Kier molecular flexibility index (Phi) is 8.13. The minimum Gasteiger partial charge on any atom is -0.352 e. The average Bonchev–Trinajstić information content (AvgIpc) is 2.58. The second-order valence-electron chi connectivity index (χ2n) is 5.90. The lowest BCUT2D eigenvalue weighted by molar-refractivity contribution is -0.124. The molecule has 25 heavy (non-hydrogen) atoms. The van der Waals surface area contributed by atoms with Crippen LogP contribution in [0.5, 0.6) is 0 Å². The topological polar surface area (TPSA) is 108 Å². The number of para-hydroxylation sites is 1. The molecule has 0 saturated carbocycles. The summed E-state index contributed by atoms with van der Waals surface area (Å²) in [6.45, 7) is 7.83. The second kappa shape index (κ2) is 9.83. The Bertz CT molecular complexity index is 635. The van der Waals surface area contributed by atoms with Crippen LogP contribution in [0.25, 0.3) is 0 Å². The van der Waals surface area contributed by atoms with Gasteiger partial charge < -0.3 is 16.4 Å². The van der Waals surface area contributed by atoms with Gasteiger partial charge in [0.25, 0.3) is 5.91 Å². The number of benzene rings is 1. The highest BCUT2D eigenvalue weighted by Crippen LogP contribution is 2.20. The van der Waals surface area contributed by atoms with Crippen molar-refractivity contribution in [2.24, 2.45) is 11.7 Å². The zero-order chi connectivity index (χ0) is 19.0. The fourth-order valence-corrected chi connectivity index (χ4v) is 2.55. The lowest BCUT2D eigenvalue weighted by Gasteiger charge is -2.23. The molecule has 0 aliphatic rings. The lowest BCUT2D eigenvalue weighted by Crippen LogP contribution is -2.56. The Hall–Kier alpha value is -2.35. The van der Waals surface area contributed by atoms with Crippen molar-refractivity contribution in [2.75, 3.05) is 5.32 Å². The molecule has 0 radical (unpaired) electrons. The van der Waals surface area contributed by atoms with Crippen molar-refractivity contribution in [3.63, 3.8) is 0 Å². The molecule has 0 saturated heterocycles. The molecule has 1 aromatic rings. The number of carbonyl (C=O) groups is 2. The van der Waals surface area contributed by atoms with E-state index in [0.29, 0.717) is 6.42 Å². The first kappa shape index (κ1) is 20.7. The highest BCUT2D eigenvalue weighted by atomic mass is 32.1. The number of nitrogens with two attached hydrogens (primary N) is 1. The van der Waals surface area contributed by atoms with Gasteiger partial charge in [-0.25, -0.2) is 4.79 Å². The summed E-state index contributed by atoms with van der Waals surface area (Å²) in [4.78, 5) is 23.4. The molecule has 0 unspecified atom stereocenters. The quantitative estimate of drug-likeness (QED) is 0.391. The van der Waals surface area contributed by atoms with Crippen LogP contribution < -0.4 is 27.2 Å². The van der Waals surface area contributed by atoms with Gasteiger partial charge >= 0.3 is 6.03 Å². The van der Waals surface area contributed by atoms with Gasteiger partial charge in [-0.1, -0.05) is 45.4 Å². The van der Waals surface area contributed by atoms with E-state index in [4.69, 9.17) is 18.0 Å². The molecule has 0 aliphatic carbocycles. The number of amides is 3. The number of nitrogens with one attached hydrogen (secondary N) is 4. The van der Waals surface area contributed by atoms with Crippen molar-refractivity contribution in [3.05, 3.63) is 29.3 Å². The highest BCUT2D eigenvalue weighted by Gasteiger charge is 2.25. The van der Waals surface area contributed by atoms with E-state index in [1.807, 2.05) is 39.0 Å². The molecule has 0 spiro atoms. The molecule has 0 heterocycles. The molecular formula is C17H27N5O2S. The Morgan fingerprint density at radius 2 is 1.92 bits per heavy atom. The van der Waals surface area contributed by atoms with Crippen molar-refractivity contribution in [1.82, 2.24) is 16.2 Å². The molecule has 138 valence electrons. The lowest BCUT2D eigenvalue weighted by atomic mass is 9.99. The number of urea groups is 1. The Morgan fingerprint density at radius 1 is 1.24 bits per heavy atom. The van der Waals surface area contributed by atoms with Crippen LogP contribution in [-0.2, 0) is 11.2 Å². The van der Waals surface area contributed by atoms with E-state index in [2.05, 4.69) is 28.4 Å². The van der Waals surface area contributed by atoms with Gasteiger partial charge in [-0.05, 0) is 42.6 Å². The van der Waals surface area contributed by atoms with Crippen LogP contribution in [0.4, 0.5) is 10.5 Å². The first-order chi connectivity index (χ1) is 11.8. The third kappa shape index (κ3) is 6.22. The molecule has 0 aromatic heterocycles. The zero-order valence-electron chi connectivity index (χ0n) is 15.1. The molecule has 0 bridgehead atoms. The minimum atomic E-state index is -0.742. The van der Waals surface area contributed by atoms with Crippen LogP contribution in [0.1, 0.15) is 38.3 Å². The van der Waals surface area contributed by atoms with Gasteiger partial charge in [0.1, 0.15) is 6.04 Å². The number of primary amides is 1. The van der Waals surface area contributed by atoms with E-state index >= 15 is 0 Å². The predicted octanol–water partition coefficient (Wildman–Crippen LogP) is 1.96. The summed E-state index contributed by atoms with van der Waals surface area (Å²) in [5, 5.41) is 5.82. The molecule has 0 aliphatic heterocycles. The summed E-state index contributed by atoms with van der Waals surface area (Å²) >= 11 is 5.24. The molecule has 7 nitrogen and oxygen atoms in total. The van der Waals surface area contributed by atoms with Crippen LogP contribution in [0.3, 0.4) is 0 Å². The third-order valence-electron chi connectivity index (χ3n) is 4.07. The van der Waals surface area contributed by atoms with Crippen LogP contribution >= 0.6 is 12.2 Å². The van der Waals surface area contributed by atoms with Gasteiger partial charge in [-0.2, -0.15) is 0 Å². The standard InChI is InChI=1S/C17H27N5O2S/c1-5-10(3)14(19-16(18)24)15(23)21-22-17(25)20-13-11(4)8-7-9-12(13)6-2/h7-10,14H,5-6H2,1-4H3,(H,21,23)(H3,18,19,24)(H2,20,22,25)/t10-,14-/m0/s1. The fraction of sp³-hybridized carbons (Fsp3) is 0.471. The summed E-state index contributed by atoms with van der Waals surface area (Å²) in [6.07, 6.45) is 1.57. The molecule has 6 N–H and O–H groups in total. The number of anilines is 1. The summed E-state index contributed by atoms with van der Waals surface area (Å²) in [7, 11) is 0. The van der Waals surface area contributed by atoms with E-state index in [9.17, 15) is 9.59 Å². The first-order valence-electron chi connectivity index (χ1n) is 8.31. The Labute approximate surface area is 154 Å². The maximum absolute atomic E-state index is 12.3. The molecular weight excluding hydrogens is 338 g/mol. The monoisotopic (exact) mass is 365 g/mol. The first-order valence-corrected chi connectivity index (χ1v) is 8.72. The SMILES string of the molecule is CCc1cccc(C)c1NC(=S)NNC(=O)[C@@H](NC(N)=O)[C@@H](C)CC. The van der Waals surface area contributed by atoms with E-state index in [1.165, 1.54) is 0 Å². The highest BCUT2D eigenvalue weighted by molar-refractivity contribution is 7.80. The molecule has 1 aromatic carbocycles. The maximum Gasteiger partial charge on any atom is 0.312 e. The van der Waals surface area contributed by atoms with E-state index in [1.54, 1.807) is 0 Å². The predicted molar refractivity (Wildman–Crippen MR) is 104 cm³/mol. The van der Waals surface area contributed by atoms with E-state index in [-0.39, 0.29) is 11.0 Å². The number of aryl methyl sites for hydroxylation is 2. The van der Waals surface area contributed by atoms with Crippen LogP contribution in [-0.4, -0.2) is 23.1 Å². The Balaban J connectivity index is 2.69. The number of hydrazine groups is 1. The van der Waals surface area contributed by atoms with Gasteiger partial charge in [0.05, 0.1) is 0 Å². The molecule has 1 rings (SSSR count). The summed E-state index contributed by atoms with van der Waals surface area (Å²) < 4.78 is 0. The normalized spacial score (nSPS) is 12.6. The Morgan fingerprint density at radius 3 is 2.48 bits per heavy atom. The van der Waals surface area contributed by atoms with E-state index < -0.39 is 18.0 Å². The van der Waals surface area contributed by atoms with Gasteiger partial charge in [-0.15, -0.1) is 0 Å². The molecule has 0 fully saturated rings. The summed E-state index contributed by atoms with van der Waals surface area (Å²) in [5.74, 6) is -0.475. The van der Waals surface area contributed by atoms with Gasteiger partial charge in [-0.3, -0.25) is 15.6 Å². The van der Waals surface area contributed by atoms with Gasteiger partial charge in [0.15, 0.2) is 5.11 Å². The number of rotatable bonds is 6. The van der Waals surface area contributed by atoms with Crippen molar-refractivity contribution in [2.45, 2.75) is 46.6 Å². The summed E-state index contributed by atoms with van der Waals surface area (Å²) in [5.41, 5.74) is 13.4. The zero-order valence-corrected chi connectivity index (χ0v) is 15.9. The summed E-state index contributed by atoms with van der Waals surface area (Å²) in [6, 6.07) is 4.52. The largest absolute Gasteiger partial charge is 0.352 e. The van der Waals surface area contributed by atoms with Crippen molar-refractivity contribution < 1.29 is 9.59 Å². The van der Waals surface area contributed by atoms with Crippen LogP contribution in [0, 0.1) is 12.8 Å². The van der Waals surface area contributed by atoms with Crippen molar-refractivity contribution in [3.8, 4) is 0 Å². The number of carbonyl (C=O) groups excluding carboxylic acids is 2. The second-order valence-corrected chi connectivity index (χ2v) is 6.31. The number of hydrogen-bond donors (Lipinski definition) is 5. The number of thiocarbonyl (C=S) groups is 1. The van der Waals surface area contributed by atoms with Gasteiger partial charge in [0, 0.05) is 5.69 Å². The van der Waals surface area contributed by atoms with Gasteiger partial charge in [0.2, 0.25) is 0 Å². The van der Waals surface area contributed by atoms with Crippen molar-refractivity contribution >= 4 is 35.0 Å². The average molecular weight is 366 g/mol.